The fraction of sp³-hybridized carbons (Fsp3) is 0.745. The highest BCUT2D eigenvalue weighted by atomic mass is 32.2. The van der Waals surface area contributed by atoms with Crippen LogP contribution in [0.5, 0.6) is 0 Å². The standard InChI is InChI=1S/C52H81FN6O11S.C3H8.H2O/c1-11-13-25-71-41-29-43(61)58(51(41)66)24-18-14-15-21-42(60)56(7)46(31(3)4)50(65)54-30-45(63)57(8)47(32(5)12-2)40(69-9)28-44(62)59-38(23-22-35-27-39(35)59)48(70-10)33(6)49(64)55-37(52(67)68)26-34-19-16-17-20-36(34)53;1-3-2;/h16-17,19-20,31-33,35,37-41,46-48H,11-15,18,21-30H2,1-10H3,(H,54,65)(H,55,64)(H,67,68);3H2,1-2H3;1H2/t32-,33?,35?,37?,38?,39?,40?,41?,46?,47-,48+;;/m0../s1. The van der Waals surface area contributed by atoms with Gasteiger partial charge in [-0.1, -0.05) is 99.3 Å². The lowest BCUT2D eigenvalue weighted by Gasteiger charge is -2.43. The Bertz CT molecular complexity index is 2030. The molecule has 2 saturated heterocycles. The minimum Gasteiger partial charge on any atom is -0.480 e. The molecule has 18 nitrogen and oxygen atoms in total. The van der Waals surface area contributed by atoms with Gasteiger partial charge in [0.2, 0.25) is 41.4 Å². The zero-order valence-electron chi connectivity index (χ0n) is 46.9. The Morgan fingerprint density at radius 2 is 1.56 bits per heavy atom. The molecule has 1 aliphatic carbocycles. The van der Waals surface area contributed by atoms with Crippen molar-refractivity contribution in [1.82, 2.24) is 30.2 Å². The number of carboxylic acids is 1. The van der Waals surface area contributed by atoms with Crippen LogP contribution in [0.25, 0.3) is 0 Å². The van der Waals surface area contributed by atoms with Crippen LogP contribution in [-0.4, -0.2) is 172 Å². The minimum atomic E-state index is -1.40. The molecule has 3 fully saturated rings. The number of hydrogen-bond acceptors (Lipinski definition) is 11. The lowest BCUT2D eigenvalue weighted by Crippen LogP contribution is -2.58. The number of benzene rings is 1. The van der Waals surface area contributed by atoms with Gasteiger partial charge in [-0.05, 0) is 73.7 Å². The maximum absolute atomic E-state index is 14.6. The number of likely N-dealkylation sites (tertiary alicyclic amines) is 2. The van der Waals surface area contributed by atoms with Crippen LogP contribution in [-0.2, 0) is 54.3 Å². The summed E-state index contributed by atoms with van der Waals surface area (Å²) in [5.41, 5.74) is 0.150. The summed E-state index contributed by atoms with van der Waals surface area (Å²) < 4.78 is 26.4. The number of carbonyl (C=O) groups excluding carboxylic acids is 7. The quantitative estimate of drug-likeness (QED) is 0.0625. The molecule has 2 aliphatic heterocycles. The molecule has 20 heteroatoms. The summed E-state index contributed by atoms with van der Waals surface area (Å²) >= 11 is 1.54. The van der Waals surface area contributed by atoms with Crippen LogP contribution in [0.15, 0.2) is 24.3 Å². The van der Waals surface area contributed by atoms with Gasteiger partial charge in [0.15, 0.2) is 0 Å². The molecule has 8 unspecified atom stereocenters. The highest BCUT2D eigenvalue weighted by Crippen LogP contribution is 2.47. The molecule has 2 heterocycles. The molecule has 7 amide bonds. The number of hydrogen-bond donors (Lipinski definition) is 3. The summed E-state index contributed by atoms with van der Waals surface area (Å²) in [6, 6.07) is 2.34. The van der Waals surface area contributed by atoms with E-state index in [4.69, 9.17) is 9.47 Å². The van der Waals surface area contributed by atoms with E-state index >= 15 is 0 Å². The van der Waals surface area contributed by atoms with Crippen molar-refractivity contribution in [3.8, 4) is 0 Å². The second kappa shape index (κ2) is 32.8. The number of ether oxygens (including phenoxy) is 2. The second-order valence-corrected chi connectivity index (χ2v) is 22.1. The molecular weight excluding hydrogens is 988 g/mol. The summed E-state index contributed by atoms with van der Waals surface area (Å²) in [5, 5.41) is 15.0. The molecule has 1 saturated carbocycles. The van der Waals surface area contributed by atoms with E-state index in [1.54, 1.807) is 43.7 Å². The van der Waals surface area contributed by atoms with E-state index in [0.29, 0.717) is 38.6 Å². The first-order valence-corrected chi connectivity index (χ1v) is 28.1. The molecule has 426 valence electrons. The molecule has 11 atom stereocenters. The van der Waals surface area contributed by atoms with E-state index in [-0.39, 0.29) is 95.9 Å². The van der Waals surface area contributed by atoms with Crippen molar-refractivity contribution in [2.24, 2.45) is 23.7 Å². The lowest BCUT2D eigenvalue weighted by molar-refractivity contribution is -0.151. The molecule has 75 heavy (non-hydrogen) atoms. The fourth-order valence-electron chi connectivity index (χ4n) is 10.4. The van der Waals surface area contributed by atoms with Crippen molar-refractivity contribution in [1.29, 1.82) is 0 Å². The molecule has 0 aromatic heterocycles. The number of carboxylic acid groups (broad SMARTS) is 1. The highest BCUT2D eigenvalue weighted by Gasteiger charge is 2.53. The zero-order valence-corrected chi connectivity index (χ0v) is 47.7. The van der Waals surface area contributed by atoms with Crippen molar-refractivity contribution >= 4 is 59.1 Å². The van der Waals surface area contributed by atoms with Gasteiger partial charge in [-0.3, -0.25) is 38.5 Å². The van der Waals surface area contributed by atoms with Gasteiger partial charge in [0, 0.05) is 60.2 Å². The van der Waals surface area contributed by atoms with Gasteiger partial charge in [-0.15, -0.1) is 11.8 Å². The summed E-state index contributed by atoms with van der Waals surface area (Å²) in [5.74, 6) is -4.32. The topological polar surface area (TPSA) is 244 Å². The van der Waals surface area contributed by atoms with Crippen LogP contribution in [0, 0.1) is 29.5 Å². The number of imide groups is 1. The van der Waals surface area contributed by atoms with E-state index < -0.39 is 71.8 Å². The molecule has 0 radical (unpaired) electrons. The summed E-state index contributed by atoms with van der Waals surface area (Å²) in [7, 11) is 6.14. The number of unbranched alkanes of at least 4 members (excludes halogenated alkanes) is 3. The number of nitrogens with one attached hydrogen (secondary N) is 2. The minimum absolute atomic E-state index is 0. The fourth-order valence-corrected chi connectivity index (χ4v) is 11.6. The Morgan fingerprint density at radius 1 is 0.893 bits per heavy atom. The molecule has 0 spiro atoms. The van der Waals surface area contributed by atoms with Gasteiger partial charge in [0.1, 0.15) is 17.9 Å². The molecule has 1 aromatic rings. The number of amides is 7. The van der Waals surface area contributed by atoms with Crippen molar-refractivity contribution in [3.05, 3.63) is 35.6 Å². The first-order chi connectivity index (χ1) is 35.1. The monoisotopic (exact) mass is 1080 g/mol. The number of thioether (sulfide) groups is 1. The predicted molar refractivity (Wildman–Crippen MR) is 288 cm³/mol. The van der Waals surface area contributed by atoms with Crippen LogP contribution >= 0.6 is 11.8 Å². The van der Waals surface area contributed by atoms with Gasteiger partial charge in [-0.2, -0.15) is 0 Å². The molecule has 5 N–H and O–H groups in total. The SMILES string of the molecule is CCC.CCCCSC1CC(=O)N(CCCCCC(=O)N(C)C(C(=O)NCC(=O)N(C)[C@H](C(CC(=O)N2C3CC3CCC2[C@H](OC)C(C)C(=O)NC(Cc2ccccc2F)C(=O)O)OC)[C@@H](C)CC)C(C)C)C1=O.O. The third-order valence-corrected chi connectivity index (χ3v) is 16.1. The van der Waals surface area contributed by atoms with Crippen LogP contribution in [0.2, 0.25) is 0 Å². The molecule has 4 rings (SSSR count). The third kappa shape index (κ3) is 18.8. The maximum atomic E-state index is 14.6. The van der Waals surface area contributed by atoms with Crippen LogP contribution < -0.4 is 10.6 Å². The number of nitrogens with zero attached hydrogens (tertiary/aromatic N) is 4. The maximum Gasteiger partial charge on any atom is 0.326 e. The predicted octanol–water partition coefficient (Wildman–Crippen LogP) is 5.66. The summed E-state index contributed by atoms with van der Waals surface area (Å²) in [4.78, 5) is 113. The highest BCUT2D eigenvalue weighted by molar-refractivity contribution is 8.00. The number of halogens is 1. The Balaban J connectivity index is 0.00000469. The average molecular weight is 1080 g/mol. The summed E-state index contributed by atoms with van der Waals surface area (Å²) in [6.45, 7) is 15.5. The normalized spacial score (nSPS) is 20.7. The van der Waals surface area contributed by atoms with E-state index in [1.807, 2.05) is 27.7 Å². The van der Waals surface area contributed by atoms with Crippen molar-refractivity contribution in [3.63, 3.8) is 0 Å². The molecule has 0 bridgehead atoms. The van der Waals surface area contributed by atoms with E-state index in [9.17, 15) is 47.9 Å². The Labute approximate surface area is 450 Å². The first-order valence-electron chi connectivity index (χ1n) is 27.0. The average Bonchev–Trinajstić information content (AvgIpc) is 4.11. The molecule has 1 aromatic carbocycles. The van der Waals surface area contributed by atoms with Crippen molar-refractivity contribution in [2.75, 3.05) is 47.2 Å². The Morgan fingerprint density at radius 3 is 2.15 bits per heavy atom. The van der Waals surface area contributed by atoms with Crippen molar-refractivity contribution in [2.45, 2.75) is 193 Å². The van der Waals surface area contributed by atoms with E-state index in [2.05, 4.69) is 31.4 Å². The number of aliphatic carboxylic acids is 1. The van der Waals surface area contributed by atoms with Gasteiger partial charge in [0.25, 0.3) is 0 Å². The Kier molecular flexibility index (Phi) is 29.1. The first kappa shape index (κ1) is 66.5. The lowest BCUT2D eigenvalue weighted by atomic mass is 9.87. The van der Waals surface area contributed by atoms with Gasteiger partial charge in [0.05, 0.1) is 48.4 Å². The van der Waals surface area contributed by atoms with Crippen molar-refractivity contribution < 1.29 is 62.8 Å². The number of piperidine rings is 1. The summed E-state index contributed by atoms with van der Waals surface area (Å²) in [6.07, 6.45) is 6.28. The second-order valence-electron chi connectivity index (χ2n) is 20.8. The number of carbonyl (C=O) groups is 8. The van der Waals surface area contributed by atoms with E-state index in [1.165, 1.54) is 53.5 Å². The number of rotatable bonds is 30. The number of methoxy groups -OCH3 is 2. The third-order valence-electron chi connectivity index (χ3n) is 14.8. The van der Waals surface area contributed by atoms with Gasteiger partial charge < -0.3 is 45.4 Å². The van der Waals surface area contributed by atoms with Crippen LogP contribution in [0.1, 0.15) is 144 Å². The number of likely N-dealkylation sites (N-methyl/N-ethyl adjacent to an activating group) is 2. The smallest absolute Gasteiger partial charge is 0.326 e. The zero-order chi connectivity index (χ0) is 55.4. The molecular formula is C55H91FN6O12S. The number of fused-ring (bicyclic) bond motifs is 1. The largest absolute Gasteiger partial charge is 0.480 e. The molecule has 3 aliphatic rings. The Hall–Kier alpha value is -4.66. The van der Waals surface area contributed by atoms with Gasteiger partial charge >= 0.3 is 5.97 Å². The van der Waals surface area contributed by atoms with E-state index in [0.717, 1.165) is 31.4 Å². The van der Waals surface area contributed by atoms with Crippen LogP contribution in [0.4, 0.5) is 4.39 Å². The van der Waals surface area contributed by atoms with Gasteiger partial charge in [-0.25, -0.2) is 9.18 Å². The van der Waals surface area contributed by atoms with Crippen LogP contribution in [0.3, 0.4) is 0 Å².